The summed E-state index contributed by atoms with van der Waals surface area (Å²) in [6.07, 6.45) is 3.96. The van der Waals surface area contributed by atoms with Gasteiger partial charge in [-0.1, -0.05) is 6.42 Å². The third kappa shape index (κ3) is 1.67. The summed E-state index contributed by atoms with van der Waals surface area (Å²) in [4.78, 5) is 16.0. The number of pyridine rings is 1. The van der Waals surface area contributed by atoms with Crippen molar-refractivity contribution in [2.24, 2.45) is 0 Å². The van der Waals surface area contributed by atoms with Crippen LogP contribution in [0.15, 0.2) is 30.5 Å². The van der Waals surface area contributed by atoms with Crippen LogP contribution in [0.2, 0.25) is 0 Å². The zero-order chi connectivity index (χ0) is 13.5. The molecule has 1 aliphatic rings. The number of carboxylic acids is 1. The van der Waals surface area contributed by atoms with Crippen LogP contribution in [0, 0.1) is 0 Å². The number of aliphatic carboxylic acids is 1. The molecule has 1 heterocycles. The minimum atomic E-state index is -0.798. The van der Waals surface area contributed by atoms with Crippen molar-refractivity contribution in [3.05, 3.63) is 36.2 Å². The number of hydrogen-bond acceptors (Lipinski definition) is 3. The lowest BCUT2D eigenvalue weighted by atomic mass is 9.65. The highest BCUT2D eigenvalue weighted by Crippen LogP contribution is 2.45. The number of benzene rings is 1. The molecular weight excluding hydrogens is 242 g/mol. The van der Waals surface area contributed by atoms with E-state index in [1.807, 2.05) is 24.3 Å². The minimum absolute atomic E-state index is 0.667. The van der Waals surface area contributed by atoms with E-state index >= 15 is 0 Å². The summed E-state index contributed by atoms with van der Waals surface area (Å²) in [6, 6.07) is 7.55. The van der Waals surface area contributed by atoms with Crippen molar-refractivity contribution in [2.75, 3.05) is 7.11 Å². The summed E-state index contributed by atoms with van der Waals surface area (Å²) in [5.74, 6) is -0.00259. The Bertz CT molecular complexity index is 647. The summed E-state index contributed by atoms with van der Waals surface area (Å²) in [6.45, 7) is 0. The molecule has 2 aromatic rings. The van der Waals surface area contributed by atoms with Crippen LogP contribution in [0.4, 0.5) is 0 Å². The van der Waals surface area contributed by atoms with Gasteiger partial charge >= 0.3 is 5.97 Å². The van der Waals surface area contributed by atoms with Gasteiger partial charge in [-0.05, 0) is 42.5 Å². The van der Waals surface area contributed by atoms with E-state index in [2.05, 4.69) is 4.98 Å². The lowest BCUT2D eigenvalue weighted by Gasteiger charge is -2.37. The topological polar surface area (TPSA) is 59.4 Å². The molecule has 3 rings (SSSR count). The molecule has 1 fully saturated rings. The van der Waals surface area contributed by atoms with Gasteiger partial charge in [0.25, 0.3) is 0 Å². The minimum Gasteiger partial charge on any atom is -0.497 e. The van der Waals surface area contributed by atoms with Gasteiger partial charge in [0, 0.05) is 11.6 Å². The Morgan fingerprint density at radius 3 is 2.74 bits per heavy atom. The molecule has 0 bridgehead atoms. The van der Waals surface area contributed by atoms with Crippen molar-refractivity contribution in [3.8, 4) is 5.75 Å². The van der Waals surface area contributed by atoms with Gasteiger partial charge in [0.1, 0.15) is 11.2 Å². The second kappa shape index (κ2) is 4.23. The zero-order valence-electron chi connectivity index (χ0n) is 10.7. The summed E-state index contributed by atoms with van der Waals surface area (Å²) >= 11 is 0. The van der Waals surface area contributed by atoms with Crippen LogP contribution in [0.5, 0.6) is 5.75 Å². The average molecular weight is 257 g/mol. The number of hydrogen-bond donors (Lipinski definition) is 1. The number of fused-ring (bicyclic) bond motifs is 1. The van der Waals surface area contributed by atoms with Crippen LogP contribution < -0.4 is 4.74 Å². The second-order valence-corrected chi connectivity index (χ2v) is 4.99. The van der Waals surface area contributed by atoms with Crippen molar-refractivity contribution in [2.45, 2.75) is 24.7 Å². The summed E-state index contributed by atoms with van der Waals surface area (Å²) in [5, 5.41) is 11.4. The predicted molar refractivity (Wildman–Crippen MR) is 71.5 cm³/mol. The van der Waals surface area contributed by atoms with Crippen molar-refractivity contribution < 1.29 is 14.6 Å². The Labute approximate surface area is 111 Å². The lowest BCUT2D eigenvalue weighted by Crippen LogP contribution is -2.43. The number of ether oxygens (including phenoxy) is 1. The molecule has 19 heavy (non-hydrogen) atoms. The Balaban J connectivity index is 2.22. The first-order chi connectivity index (χ1) is 9.17. The standard InChI is InChI=1S/C15H15NO3/c1-19-11-3-4-12-10(9-11)5-8-16-13(12)15(14(17)18)6-2-7-15/h3-5,8-9H,2,6-7H2,1H3,(H,17,18). The third-order valence-corrected chi connectivity index (χ3v) is 4.04. The molecule has 1 aliphatic carbocycles. The first-order valence-corrected chi connectivity index (χ1v) is 6.34. The fourth-order valence-electron chi connectivity index (χ4n) is 2.75. The van der Waals surface area contributed by atoms with Crippen molar-refractivity contribution >= 4 is 16.7 Å². The van der Waals surface area contributed by atoms with E-state index in [0.717, 1.165) is 22.9 Å². The highest BCUT2D eigenvalue weighted by atomic mass is 16.5. The second-order valence-electron chi connectivity index (χ2n) is 4.99. The molecule has 0 amide bonds. The van der Waals surface area contributed by atoms with E-state index in [0.29, 0.717) is 18.5 Å². The van der Waals surface area contributed by atoms with E-state index in [9.17, 15) is 9.90 Å². The van der Waals surface area contributed by atoms with Crippen molar-refractivity contribution in [1.29, 1.82) is 0 Å². The van der Waals surface area contributed by atoms with Gasteiger partial charge in [-0.3, -0.25) is 9.78 Å². The van der Waals surface area contributed by atoms with E-state index in [-0.39, 0.29) is 0 Å². The number of methoxy groups -OCH3 is 1. The smallest absolute Gasteiger partial charge is 0.315 e. The van der Waals surface area contributed by atoms with Crippen molar-refractivity contribution in [1.82, 2.24) is 4.98 Å². The molecule has 0 atom stereocenters. The largest absolute Gasteiger partial charge is 0.497 e. The quantitative estimate of drug-likeness (QED) is 0.918. The monoisotopic (exact) mass is 257 g/mol. The Morgan fingerprint density at radius 2 is 2.16 bits per heavy atom. The van der Waals surface area contributed by atoms with E-state index in [1.165, 1.54) is 0 Å². The molecule has 0 aliphatic heterocycles. The SMILES string of the molecule is COc1ccc2c(C3(C(=O)O)CCC3)nccc2c1. The molecule has 1 aromatic heterocycles. The molecule has 0 spiro atoms. The molecule has 0 unspecified atom stereocenters. The van der Waals surface area contributed by atoms with Gasteiger partial charge in [-0.2, -0.15) is 0 Å². The normalized spacial score (nSPS) is 16.9. The summed E-state index contributed by atoms with van der Waals surface area (Å²) in [5.41, 5.74) is -0.111. The number of aromatic nitrogens is 1. The van der Waals surface area contributed by atoms with Gasteiger partial charge < -0.3 is 9.84 Å². The van der Waals surface area contributed by atoms with Crippen LogP contribution in [0.3, 0.4) is 0 Å². The highest BCUT2D eigenvalue weighted by molar-refractivity contribution is 5.93. The van der Waals surface area contributed by atoms with E-state index in [1.54, 1.807) is 13.3 Å². The van der Waals surface area contributed by atoms with Gasteiger partial charge in [-0.15, -0.1) is 0 Å². The fourth-order valence-corrected chi connectivity index (χ4v) is 2.75. The van der Waals surface area contributed by atoms with E-state index < -0.39 is 11.4 Å². The molecule has 0 saturated heterocycles. The summed E-state index contributed by atoms with van der Waals surface area (Å²) < 4.78 is 5.20. The molecule has 4 heteroatoms. The third-order valence-electron chi connectivity index (χ3n) is 4.04. The predicted octanol–water partition coefficient (Wildman–Crippen LogP) is 2.75. The van der Waals surface area contributed by atoms with Crippen LogP contribution in [0.25, 0.3) is 10.8 Å². The fraction of sp³-hybridized carbons (Fsp3) is 0.333. The van der Waals surface area contributed by atoms with Crippen molar-refractivity contribution in [3.63, 3.8) is 0 Å². The van der Waals surface area contributed by atoms with Gasteiger partial charge in [0.05, 0.1) is 12.8 Å². The maximum absolute atomic E-state index is 11.6. The molecule has 0 radical (unpaired) electrons. The Morgan fingerprint density at radius 1 is 1.37 bits per heavy atom. The maximum Gasteiger partial charge on any atom is 0.315 e. The maximum atomic E-state index is 11.6. The number of carboxylic acid groups (broad SMARTS) is 1. The molecule has 4 nitrogen and oxygen atoms in total. The highest BCUT2D eigenvalue weighted by Gasteiger charge is 2.48. The van der Waals surface area contributed by atoms with Gasteiger partial charge in [-0.25, -0.2) is 0 Å². The Kier molecular flexibility index (Phi) is 2.66. The first kappa shape index (κ1) is 12.0. The number of carbonyl (C=O) groups is 1. The molecular formula is C15H15NO3. The average Bonchev–Trinajstić information content (AvgIpc) is 2.36. The van der Waals surface area contributed by atoms with Crippen LogP contribution in [-0.2, 0) is 10.2 Å². The van der Waals surface area contributed by atoms with Gasteiger partial charge in [0.2, 0.25) is 0 Å². The van der Waals surface area contributed by atoms with Crippen LogP contribution >= 0.6 is 0 Å². The summed E-state index contributed by atoms with van der Waals surface area (Å²) in [7, 11) is 1.62. The Hall–Kier alpha value is -2.10. The zero-order valence-corrected chi connectivity index (χ0v) is 10.7. The van der Waals surface area contributed by atoms with E-state index in [4.69, 9.17) is 4.74 Å². The lowest BCUT2D eigenvalue weighted by molar-refractivity contribution is -0.147. The van der Waals surface area contributed by atoms with Crippen LogP contribution in [-0.4, -0.2) is 23.2 Å². The molecule has 1 N–H and O–H groups in total. The van der Waals surface area contributed by atoms with Crippen LogP contribution in [0.1, 0.15) is 25.0 Å². The number of rotatable bonds is 3. The molecule has 1 saturated carbocycles. The molecule has 1 aromatic carbocycles. The number of nitrogens with zero attached hydrogens (tertiary/aromatic N) is 1. The van der Waals surface area contributed by atoms with Gasteiger partial charge in [0.15, 0.2) is 0 Å². The first-order valence-electron chi connectivity index (χ1n) is 6.34. The molecule has 98 valence electrons.